The largest absolute Gasteiger partial charge is 0.391 e. The summed E-state index contributed by atoms with van der Waals surface area (Å²) in [5, 5.41) is 9.84. The van der Waals surface area contributed by atoms with E-state index in [-0.39, 0.29) is 12.7 Å². The van der Waals surface area contributed by atoms with Gasteiger partial charge in [0.1, 0.15) is 17.3 Å². The van der Waals surface area contributed by atoms with E-state index in [1.54, 1.807) is 0 Å². The molecule has 0 spiro atoms. The van der Waals surface area contributed by atoms with E-state index in [0.717, 1.165) is 25.2 Å². The molecule has 1 aliphatic carbocycles. The highest BCUT2D eigenvalue weighted by atomic mass is 35.5. The standard InChI is InChI=1S/C13H18ClN3O2/c14-12-9(7-18)13(16-8-15-12)17-5-6-19-11-4-2-1-3-10(11)17/h8,10-11,18H,1-7H2. The highest BCUT2D eigenvalue weighted by molar-refractivity contribution is 6.30. The first-order chi connectivity index (χ1) is 9.31. The first kappa shape index (κ1) is 13.1. The van der Waals surface area contributed by atoms with Crippen molar-refractivity contribution in [1.82, 2.24) is 9.97 Å². The van der Waals surface area contributed by atoms with E-state index < -0.39 is 0 Å². The van der Waals surface area contributed by atoms with Crippen molar-refractivity contribution in [2.75, 3.05) is 18.1 Å². The lowest BCUT2D eigenvalue weighted by Crippen LogP contribution is -2.53. The van der Waals surface area contributed by atoms with Gasteiger partial charge in [0.2, 0.25) is 0 Å². The fourth-order valence-electron chi connectivity index (χ4n) is 3.13. The van der Waals surface area contributed by atoms with Crippen molar-refractivity contribution in [1.29, 1.82) is 0 Å². The molecule has 0 aromatic carbocycles. The molecule has 5 nitrogen and oxygen atoms in total. The minimum absolute atomic E-state index is 0.135. The molecule has 0 bridgehead atoms. The van der Waals surface area contributed by atoms with Gasteiger partial charge in [-0.15, -0.1) is 0 Å². The van der Waals surface area contributed by atoms with E-state index in [9.17, 15) is 5.11 Å². The van der Waals surface area contributed by atoms with Crippen LogP contribution in [0.2, 0.25) is 5.15 Å². The number of morpholine rings is 1. The number of aliphatic hydroxyl groups is 1. The minimum Gasteiger partial charge on any atom is -0.391 e. The molecule has 2 aliphatic rings. The Hall–Kier alpha value is -0.910. The van der Waals surface area contributed by atoms with Crippen LogP contribution in [0.5, 0.6) is 0 Å². The normalized spacial score (nSPS) is 27.2. The number of nitrogens with zero attached hydrogens (tertiary/aromatic N) is 3. The number of fused-ring (bicyclic) bond motifs is 1. The number of halogens is 1. The Morgan fingerprint density at radius 3 is 3.05 bits per heavy atom. The van der Waals surface area contributed by atoms with Crippen molar-refractivity contribution in [2.24, 2.45) is 0 Å². The van der Waals surface area contributed by atoms with Gasteiger partial charge in [-0.1, -0.05) is 24.4 Å². The second-order valence-corrected chi connectivity index (χ2v) is 5.44. The molecule has 1 saturated heterocycles. The zero-order valence-corrected chi connectivity index (χ0v) is 11.5. The summed E-state index contributed by atoms with van der Waals surface area (Å²) >= 11 is 6.05. The number of anilines is 1. The first-order valence-corrected chi connectivity index (χ1v) is 7.17. The van der Waals surface area contributed by atoms with Gasteiger partial charge in [0.25, 0.3) is 0 Å². The molecular formula is C13H18ClN3O2. The Morgan fingerprint density at radius 1 is 1.37 bits per heavy atom. The highest BCUT2D eigenvalue weighted by Crippen LogP contribution is 2.33. The van der Waals surface area contributed by atoms with Crippen LogP contribution >= 0.6 is 11.6 Å². The van der Waals surface area contributed by atoms with Gasteiger partial charge < -0.3 is 14.7 Å². The van der Waals surface area contributed by atoms with Gasteiger partial charge in [-0.25, -0.2) is 9.97 Å². The molecule has 3 rings (SSSR count). The summed E-state index contributed by atoms with van der Waals surface area (Å²) in [6.07, 6.45) is 6.40. The van der Waals surface area contributed by atoms with Crippen LogP contribution in [0, 0.1) is 0 Å². The molecule has 1 saturated carbocycles. The molecule has 2 heterocycles. The predicted octanol–water partition coefficient (Wildman–Crippen LogP) is 1.77. The minimum atomic E-state index is -0.135. The van der Waals surface area contributed by atoms with Crippen molar-refractivity contribution < 1.29 is 9.84 Å². The maximum Gasteiger partial charge on any atom is 0.140 e. The van der Waals surface area contributed by atoms with Crippen LogP contribution < -0.4 is 4.90 Å². The van der Waals surface area contributed by atoms with E-state index in [4.69, 9.17) is 16.3 Å². The molecule has 2 atom stereocenters. The van der Waals surface area contributed by atoms with Crippen LogP contribution in [-0.4, -0.2) is 40.4 Å². The second-order valence-electron chi connectivity index (χ2n) is 5.08. The summed E-state index contributed by atoms with van der Waals surface area (Å²) in [4.78, 5) is 10.5. The van der Waals surface area contributed by atoms with Crippen LogP contribution in [0.25, 0.3) is 0 Å². The molecule has 104 valence electrons. The van der Waals surface area contributed by atoms with Crippen molar-refractivity contribution in [3.63, 3.8) is 0 Å². The van der Waals surface area contributed by atoms with E-state index in [2.05, 4.69) is 14.9 Å². The summed E-state index contributed by atoms with van der Waals surface area (Å²) in [6, 6.07) is 0.346. The van der Waals surface area contributed by atoms with Gasteiger partial charge in [-0.3, -0.25) is 0 Å². The first-order valence-electron chi connectivity index (χ1n) is 6.79. The molecule has 0 radical (unpaired) electrons. The van der Waals surface area contributed by atoms with Gasteiger partial charge in [0.05, 0.1) is 30.9 Å². The van der Waals surface area contributed by atoms with Gasteiger partial charge in [-0.05, 0) is 12.8 Å². The summed E-state index contributed by atoms with van der Waals surface area (Å²) in [5.74, 6) is 0.766. The zero-order valence-electron chi connectivity index (χ0n) is 10.8. The Morgan fingerprint density at radius 2 is 2.21 bits per heavy atom. The maximum absolute atomic E-state index is 9.50. The van der Waals surface area contributed by atoms with Crippen molar-refractivity contribution in [3.8, 4) is 0 Å². The van der Waals surface area contributed by atoms with Crippen LogP contribution in [0.4, 0.5) is 5.82 Å². The summed E-state index contributed by atoms with van der Waals surface area (Å²) in [7, 11) is 0. The molecule has 6 heteroatoms. The molecule has 1 aromatic heterocycles. The Kier molecular flexibility index (Phi) is 3.86. The number of rotatable bonds is 2. The quantitative estimate of drug-likeness (QED) is 0.839. The Balaban J connectivity index is 1.94. The number of ether oxygens (including phenoxy) is 1. The van der Waals surface area contributed by atoms with E-state index >= 15 is 0 Å². The van der Waals surface area contributed by atoms with Crippen molar-refractivity contribution in [3.05, 3.63) is 17.0 Å². The lowest BCUT2D eigenvalue weighted by Gasteiger charge is -2.44. The van der Waals surface area contributed by atoms with E-state index in [0.29, 0.717) is 23.4 Å². The molecular weight excluding hydrogens is 266 g/mol. The molecule has 2 fully saturated rings. The lowest BCUT2D eigenvalue weighted by molar-refractivity contribution is -0.00913. The van der Waals surface area contributed by atoms with Crippen molar-refractivity contribution in [2.45, 2.75) is 44.4 Å². The molecule has 1 aliphatic heterocycles. The number of hydrogen-bond donors (Lipinski definition) is 1. The van der Waals surface area contributed by atoms with Gasteiger partial charge in [-0.2, -0.15) is 0 Å². The van der Waals surface area contributed by atoms with Gasteiger partial charge in [0.15, 0.2) is 0 Å². The van der Waals surface area contributed by atoms with Gasteiger partial charge >= 0.3 is 0 Å². The van der Waals surface area contributed by atoms with Crippen molar-refractivity contribution >= 4 is 17.4 Å². The third-order valence-electron chi connectivity index (χ3n) is 4.03. The molecule has 19 heavy (non-hydrogen) atoms. The van der Waals surface area contributed by atoms with Crippen LogP contribution in [0.1, 0.15) is 31.2 Å². The summed E-state index contributed by atoms with van der Waals surface area (Å²) in [6.45, 7) is 1.36. The number of hydrogen-bond acceptors (Lipinski definition) is 5. The third kappa shape index (κ3) is 2.42. The SMILES string of the molecule is OCc1c(Cl)ncnc1N1CCOC2CCCCC21. The number of aromatic nitrogens is 2. The molecule has 1 N–H and O–H groups in total. The van der Waals surface area contributed by atoms with Crippen LogP contribution in [0.3, 0.4) is 0 Å². The zero-order chi connectivity index (χ0) is 13.2. The smallest absolute Gasteiger partial charge is 0.140 e. The predicted molar refractivity (Wildman–Crippen MR) is 72.3 cm³/mol. The fraction of sp³-hybridized carbons (Fsp3) is 0.692. The fourth-order valence-corrected chi connectivity index (χ4v) is 3.31. The lowest BCUT2D eigenvalue weighted by atomic mass is 9.90. The van der Waals surface area contributed by atoms with Crippen LogP contribution in [-0.2, 0) is 11.3 Å². The summed E-state index contributed by atoms with van der Waals surface area (Å²) < 4.78 is 5.86. The van der Waals surface area contributed by atoms with E-state index in [1.165, 1.54) is 19.2 Å². The Bertz CT molecular complexity index is 456. The topological polar surface area (TPSA) is 58.5 Å². The summed E-state index contributed by atoms with van der Waals surface area (Å²) in [5.41, 5.74) is 0.621. The number of aliphatic hydroxyl groups excluding tert-OH is 1. The average Bonchev–Trinajstić information content (AvgIpc) is 2.46. The molecule has 2 unspecified atom stereocenters. The average molecular weight is 284 g/mol. The molecule has 0 amide bonds. The van der Waals surface area contributed by atoms with E-state index in [1.807, 2.05) is 0 Å². The highest BCUT2D eigenvalue weighted by Gasteiger charge is 2.36. The van der Waals surface area contributed by atoms with Crippen LogP contribution in [0.15, 0.2) is 6.33 Å². The van der Waals surface area contributed by atoms with Gasteiger partial charge in [0, 0.05) is 6.54 Å². The second kappa shape index (κ2) is 5.61. The third-order valence-corrected chi connectivity index (χ3v) is 4.36. The Labute approximate surface area is 117 Å². The molecule has 1 aromatic rings. The maximum atomic E-state index is 9.50. The monoisotopic (exact) mass is 283 g/mol.